The Morgan fingerprint density at radius 1 is 0.313 bits per heavy atom. The molecule has 0 heterocycles. The fourth-order valence-corrected chi connectivity index (χ4v) is 7.43. The number of allylic oxidation sites excluding steroid dienone is 16. The summed E-state index contributed by atoms with van der Waals surface area (Å²) in [5, 5.41) is 0. The minimum absolute atomic E-state index is 0.106. The Morgan fingerprint density at radius 3 is 0.985 bits per heavy atom. The Morgan fingerprint density at radius 2 is 0.597 bits per heavy atom. The first-order valence-corrected chi connectivity index (χ1v) is 27.7. The molecule has 0 bridgehead atoms. The van der Waals surface area contributed by atoms with E-state index >= 15 is 0 Å². The Hall–Kier alpha value is -3.67. The van der Waals surface area contributed by atoms with Gasteiger partial charge in [-0.1, -0.05) is 234 Å². The van der Waals surface area contributed by atoms with Crippen LogP contribution >= 0.6 is 0 Å². The largest absolute Gasteiger partial charge is 0.462 e. The van der Waals surface area contributed by atoms with Crippen LogP contribution in [-0.4, -0.2) is 37.2 Å². The minimum Gasteiger partial charge on any atom is -0.462 e. The molecule has 1 atom stereocenters. The lowest BCUT2D eigenvalue weighted by Crippen LogP contribution is -2.30. The standard InChI is InChI=1S/C61H102O6/c1-4-7-10-13-16-19-22-25-27-29-30-32-34-37-40-43-46-49-52-55-61(64)67-58(56-65-59(62)53-50-47-44-41-38-35-24-21-18-15-12-9-6-3)57-66-60(63)54-51-48-45-42-39-36-33-31-28-26-23-20-17-14-11-8-5-2/h7,10,16,19,25-28,30,32-33,36-37,40,42,45,58H,4-6,8-9,11-15,17-18,20-24,29,31,34-35,38-39,41,43-44,46-57H2,1-3H3/b10-7-,19-16-,27-25-,28-26-,32-30-,36-33-,40-37-,45-42-/t58-/m0/s1. The molecule has 0 aliphatic carbocycles. The van der Waals surface area contributed by atoms with E-state index in [9.17, 15) is 14.4 Å². The number of carbonyl (C=O) groups excluding carboxylic acids is 3. The van der Waals surface area contributed by atoms with Crippen LogP contribution in [0.3, 0.4) is 0 Å². The van der Waals surface area contributed by atoms with Gasteiger partial charge in [-0.3, -0.25) is 14.4 Å². The summed E-state index contributed by atoms with van der Waals surface area (Å²) in [6.07, 6.45) is 72.5. The second kappa shape index (κ2) is 54.9. The molecular formula is C61H102O6. The van der Waals surface area contributed by atoms with Gasteiger partial charge in [0.25, 0.3) is 0 Å². The van der Waals surface area contributed by atoms with E-state index in [4.69, 9.17) is 14.2 Å². The Bertz CT molecular complexity index is 1350. The molecule has 0 rings (SSSR count). The third-order valence-corrected chi connectivity index (χ3v) is 11.6. The maximum Gasteiger partial charge on any atom is 0.306 e. The van der Waals surface area contributed by atoms with Crippen molar-refractivity contribution in [1.29, 1.82) is 0 Å². The fraction of sp³-hybridized carbons (Fsp3) is 0.689. The van der Waals surface area contributed by atoms with Crippen LogP contribution in [0.2, 0.25) is 0 Å². The molecule has 0 unspecified atom stereocenters. The molecule has 0 saturated carbocycles. The van der Waals surface area contributed by atoms with Gasteiger partial charge in [-0.2, -0.15) is 0 Å². The zero-order chi connectivity index (χ0) is 48.6. The second-order valence-electron chi connectivity index (χ2n) is 18.1. The van der Waals surface area contributed by atoms with Crippen LogP contribution in [0.25, 0.3) is 0 Å². The molecule has 0 aromatic rings. The van der Waals surface area contributed by atoms with E-state index in [1.54, 1.807) is 0 Å². The lowest BCUT2D eigenvalue weighted by Gasteiger charge is -2.18. The average molecular weight is 931 g/mol. The zero-order valence-electron chi connectivity index (χ0n) is 43.6. The highest BCUT2D eigenvalue weighted by Gasteiger charge is 2.19. The van der Waals surface area contributed by atoms with E-state index in [0.717, 1.165) is 89.9 Å². The first kappa shape index (κ1) is 63.3. The van der Waals surface area contributed by atoms with Gasteiger partial charge in [0.1, 0.15) is 13.2 Å². The van der Waals surface area contributed by atoms with Crippen molar-refractivity contribution in [2.75, 3.05) is 13.2 Å². The SMILES string of the molecule is CC/C=C\C/C=C\C/C=C\C/C=C\C/C=C\CCCCCC(=O)O[C@H](COC(=O)CCC/C=C\C/C=C\C/C=C\CCCCCCCC)COC(=O)CCCCCCCCCCCCCCC. The zero-order valence-corrected chi connectivity index (χ0v) is 43.6. The molecule has 6 nitrogen and oxygen atoms in total. The smallest absolute Gasteiger partial charge is 0.306 e. The summed E-state index contributed by atoms with van der Waals surface area (Å²) in [5.41, 5.74) is 0. The molecule has 0 aromatic carbocycles. The fourth-order valence-electron chi connectivity index (χ4n) is 7.43. The van der Waals surface area contributed by atoms with E-state index in [-0.39, 0.29) is 44.0 Å². The summed E-state index contributed by atoms with van der Waals surface area (Å²) < 4.78 is 16.8. The maximum atomic E-state index is 12.8. The van der Waals surface area contributed by atoms with Crippen molar-refractivity contribution in [2.45, 2.75) is 258 Å². The van der Waals surface area contributed by atoms with Crippen LogP contribution in [0.5, 0.6) is 0 Å². The molecular weight excluding hydrogens is 829 g/mol. The van der Waals surface area contributed by atoms with Gasteiger partial charge < -0.3 is 14.2 Å². The average Bonchev–Trinajstić information content (AvgIpc) is 3.33. The molecule has 0 amide bonds. The van der Waals surface area contributed by atoms with Crippen molar-refractivity contribution < 1.29 is 28.6 Å². The molecule has 0 aliphatic rings. The van der Waals surface area contributed by atoms with Gasteiger partial charge in [-0.15, -0.1) is 0 Å². The van der Waals surface area contributed by atoms with Gasteiger partial charge in [0.2, 0.25) is 0 Å². The van der Waals surface area contributed by atoms with Gasteiger partial charge >= 0.3 is 17.9 Å². The highest BCUT2D eigenvalue weighted by molar-refractivity contribution is 5.71. The first-order chi connectivity index (χ1) is 33.0. The quantitative estimate of drug-likeness (QED) is 0.0262. The van der Waals surface area contributed by atoms with Gasteiger partial charge in [0.05, 0.1) is 0 Å². The van der Waals surface area contributed by atoms with Crippen molar-refractivity contribution >= 4 is 17.9 Å². The van der Waals surface area contributed by atoms with Crippen molar-refractivity contribution in [3.8, 4) is 0 Å². The molecule has 382 valence electrons. The molecule has 0 saturated heterocycles. The summed E-state index contributed by atoms with van der Waals surface area (Å²) >= 11 is 0. The monoisotopic (exact) mass is 931 g/mol. The molecule has 0 spiro atoms. The third-order valence-electron chi connectivity index (χ3n) is 11.6. The number of hydrogen-bond acceptors (Lipinski definition) is 6. The molecule has 67 heavy (non-hydrogen) atoms. The summed E-state index contributed by atoms with van der Waals surface area (Å²) in [4.78, 5) is 38.1. The van der Waals surface area contributed by atoms with E-state index < -0.39 is 6.10 Å². The van der Waals surface area contributed by atoms with Crippen LogP contribution in [-0.2, 0) is 28.6 Å². The van der Waals surface area contributed by atoms with E-state index in [1.807, 2.05) is 0 Å². The first-order valence-electron chi connectivity index (χ1n) is 27.7. The molecule has 0 radical (unpaired) electrons. The third kappa shape index (κ3) is 53.2. The number of hydrogen-bond donors (Lipinski definition) is 0. The van der Waals surface area contributed by atoms with Crippen LogP contribution in [0.15, 0.2) is 97.2 Å². The number of esters is 3. The highest BCUT2D eigenvalue weighted by atomic mass is 16.6. The van der Waals surface area contributed by atoms with Gasteiger partial charge in [-0.25, -0.2) is 0 Å². The van der Waals surface area contributed by atoms with Gasteiger partial charge in [-0.05, 0) is 96.3 Å². The summed E-state index contributed by atoms with van der Waals surface area (Å²) in [7, 11) is 0. The Labute approximate surface area is 413 Å². The predicted octanol–water partition coefficient (Wildman–Crippen LogP) is 18.5. The molecule has 0 fully saturated rings. The van der Waals surface area contributed by atoms with E-state index in [1.165, 1.54) is 109 Å². The molecule has 0 N–H and O–H groups in total. The summed E-state index contributed by atoms with van der Waals surface area (Å²) in [6.45, 7) is 6.45. The predicted molar refractivity (Wildman–Crippen MR) is 288 cm³/mol. The Kier molecular flexibility index (Phi) is 51.9. The van der Waals surface area contributed by atoms with Crippen molar-refractivity contribution in [3.63, 3.8) is 0 Å². The van der Waals surface area contributed by atoms with Crippen LogP contribution < -0.4 is 0 Å². The molecule has 6 heteroatoms. The Balaban J connectivity index is 4.52. The van der Waals surface area contributed by atoms with Gasteiger partial charge in [0.15, 0.2) is 6.10 Å². The number of rotatable bonds is 49. The van der Waals surface area contributed by atoms with E-state index in [0.29, 0.717) is 19.3 Å². The molecule has 0 aliphatic heterocycles. The highest BCUT2D eigenvalue weighted by Crippen LogP contribution is 2.14. The molecule has 0 aromatic heterocycles. The maximum absolute atomic E-state index is 12.8. The van der Waals surface area contributed by atoms with Crippen LogP contribution in [0.1, 0.15) is 252 Å². The lowest BCUT2D eigenvalue weighted by molar-refractivity contribution is -0.167. The summed E-state index contributed by atoms with van der Waals surface area (Å²) in [5.74, 6) is -0.991. The van der Waals surface area contributed by atoms with Crippen LogP contribution in [0.4, 0.5) is 0 Å². The van der Waals surface area contributed by atoms with Crippen molar-refractivity contribution in [1.82, 2.24) is 0 Å². The van der Waals surface area contributed by atoms with Gasteiger partial charge in [0, 0.05) is 19.3 Å². The number of carbonyl (C=O) groups is 3. The lowest BCUT2D eigenvalue weighted by atomic mass is 10.0. The number of ether oxygens (including phenoxy) is 3. The number of unbranched alkanes of at least 4 members (excludes halogenated alkanes) is 22. The normalized spacial score (nSPS) is 12.8. The second-order valence-corrected chi connectivity index (χ2v) is 18.1. The van der Waals surface area contributed by atoms with Crippen molar-refractivity contribution in [3.05, 3.63) is 97.2 Å². The minimum atomic E-state index is -0.814. The van der Waals surface area contributed by atoms with E-state index in [2.05, 4.69) is 118 Å². The topological polar surface area (TPSA) is 78.9 Å². The van der Waals surface area contributed by atoms with Crippen LogP contribution in [0, 0.1) is 0 Å². The van der Waals surface area contributed by atoms with Crippen molar-refractivity contribution in [2.24, 2.45) is 0 Å². The summed E-state index contributed by atoms with van der Waals surface area (Å²) in [6, 6.07) is 0.